The first-order chi connectivity index (χ1) is 34.3. The summed E-state index contributed by atoms with van der Waals surface area (Å²) in [5.74, 6) is 3.22. The van der Waals surface area contributed by atoms with Gasteiger partial charge in [-0.2, -0.15) is 0 Å². The van der Waals surface area contributed by atoms with E-state index in [1.54, 1.807) is 0 Å². The van der Waals surface area contributed by atoms with Crippen LogP contribution in [-0.4, -0.2) is 229 Å². The van der Waals surface area contributed by atoms with E-state index in [0.29, 0.717) is 41.4 Å². The lowest BCUT2D eigenvalue weighted by molar-refractivity contribution is -0.383. The Hall–Kier alpha value is -0.880. The summed E-state index contributed by atoms with van der Waals surface area (Å²) >= 11 is 0. The van der Waals surface area contributed by atoms with E-state index >= 15 is 0 Å². The smallest absolute Gasteiger partial charge is 0.187 e. The molecule has 10 fully saturated rings. The minimum atomic E-state index is -1.95. The molecule has 0 bridgehead atoms. The van der Waals surface area contributed by atoms with Gasteiger partial charge in [0.25, 0.3) is 0 Å². The zero-order valence-corrected chi connectivity index (χ0v) is 41.7. The van der Waals surface area contributed by atoms with Crippen LogP contribution < -0.4 is 0 Å². The van der Waals surface area contributed by atoms with Crippen LogP contribution in [0.4, 0.5) is 0 Å². The van der Waals surface area contributed by atoms with E-state index in [-0.39, 0.29) is 23.0 Å². The third-order valence-corrected chi connectivity index (χ3v) is 20.0. The second-order valence-electron chi connectivity index (χ2n) is 23.9. The van der Waals surface area contributed by atoms with Crippen LogP contribution in [0.25, 0.3) is 0 Å². The highest BCUT2D eigenvalue weighted by molar-refractivity contribution is 5.15. The van der Waals surface area contributed by atoms with Crippen LogP contribution in [0.3, 0.4) is 0 Å². The van der Waals surface area contributed by atoms with Gasteiger partial charge < -0.3 is 109 Å². The van der Waals surface area contributed by atoms with Crippen molar-refractivity contribution in [2.45, 2.75) is 227 Å². The molecule has 4 saturated carbocycles. The summed E-state index contributed by atoms with van der Waals surface area (Å²) in [7, 11) is 0. The Morgan fingerprint density at radius 2 is 1.10 bits per heavy atom. The highest BCUT2D eigenvalue weighted by Crippen LogP contribution is 2.71. The lowest BCUT2D eigenvalue weighted by atomic mass is 9.44. The van der Waals surface area contributed by atoms with Gasteiger partial charge in [0.2, 0.25) is 0 Å². The van der Waals surface area contributed by atoms with E-state index in [4.69, 9.17) is 47.4 Å². The summed E-state index contributed by atoms with van der Waals surface area (Å²) in [5, 5.41) is 129. The summed E-state index contributed by atoms with van der Waals surface area (Å²) < 4.78 is 60.0. The molecule has 4 aliphatic carbocycles. The summed E-state index contributed by atoms with van der Waals surface area (Å²) in [4.78, 5) is 0. The average molecular weight is 1040 g/mol. The van der Waals surface area contributed by atoms with E-state index in [0.717, 1.165) is 58.0 Å². The Morgan fingerprint density at radius 1 is 0.514 bits per heavy atom. The van der Waals surface area contributed by atoms with Crippen molar-refractivity contribution < 1.29 is 109 Å². The molecule has 12 N–H and O–H groups in total. The molecule has 414 valence electrons. The van der Waals surface area contributed by atoms with Crippen LogP contribution in [0, 0.1) is 52.3 Å². The van der Waals surface area contributed by atoms with Gasteiger partial charge in [0.05, 0.1) is 45.2 Å². The molecule has 6 aliphatic heterocycles. The van der Waals surface area contributed by atoms with Gasteiger partial charge in [0.15, 0.2) is 30.9 Å². The molecule has 0 aromatic rings. The predicted octanol–water partition coefficient (Wildman–Crippen LogP) is -2.27. The molecule has 0 radical (unpaired) electrons. The first-order valence-electron chi connectivity index (χ1n) is 26.7. The Labute approximate surface area is 419 Å². The van der Waals surface area contributed by atoms with Crippen LogP contribution in [0.1, 0.15) is 91.9 Å². The van der Waals surface area contributed by atoms with Crippen molar-refractivity contribution in [3.63, 3.8) is 0 Å². The van der Waals surface area contributed by atoms with Crippen molar-refractivity contribution >= 4 is 0 Å². The Balaban J connectivity index is 0.730. The van der Waals surface area contributed by atoms with Gasteiger partial charge in [0.1, 0.15) is 91.6 Å². The second-order valence-corrected chi connectivity index (χ2v) is 23.9. The van der Waals surface area contributed by atoms with Crippen molar-refractivity contribution in [3.8, 4) is 0 Å². The molecule has 0 amide bonds. The molecule has 72 heavy (non-hydrogen) atoms. The number of aliphatic hydroxyl groups is 12. The minimum absolute atomic E-state index is 0.123. The number of hydrogen-bond acceptors (Lipinski definition) is 22. The Kier molecular flexibility index (Phi) is 15.9. The summed E-state index contributed by atoms with van der Waals surface area (Å²) in [5.41, 5.74) is 0.342. The fraction of sp³-hybridized carbons (Fsp3) is 1.00. The lowest BCUT2D eigenvalue weighted by Crippen LogP contribution is -2.66. The molecule has 10 rings (SSSR count). The van der Waals surface area contributed by atoms with Crippen LogP contribution in [0.2, 0.25) is 0 Å². The third-order valence-electron chi connectivity index (χ3n) is 20.0. The van der Waals surface area contributed by atoms with Gasteiger partial charge in [-0.15, -0.1) is 0 Å². The van der Waals surface area contributed by atoms with Gasteiger partial charge in [-0.3, -0.25) is 0 Å². The highest BCUT2D eigenvalue weighted by Gasteiger charge is 2.69. The van der Waals surface area contributed by atoms with Gasteiger partial charge in [0, 0.05) is 12.3 Å². The first-order valence-corrected chi connectivity index (χ1v) is 26.7. The van der Waals surface area contributed by atoms with Crippen molar-refractivity contribution in [1.82, 2.24) is 0 Å². The van der Waals surface area contributed by atoms with E-state index in [9.17, 15) is 61.3 Å². The van der Waals surface area contributed by atoms with E-state index in [1.165, 1.54) is 12.8 Å². The average Bonchev–Trinajstić information content (AvgIpc) is 3.82. The van der Waals surface area contributed by atoms with Crippen molar-refractivity contribution in [2.24, 2.45) is 52.3 Å². The molecule has 6 saturated heterocycles. The maximum atomic E-state index is 11.5. The summed E-state index contributed by atoms with van der Waals surface area (Å²) in [6.45, 7) is 7.60. The number of ether oxygens (including phenoxy) is 10. The first kappa shape index (κ1) is 54.5. The zero-order chi connectivity index (χ0) is 51.3. The lowest BCUT2D eigenvalue weighted by Gasteiger charge is -2.61. The van der Waals surface area contributed by atoms with Crippen molar-refractivity contribution in [3.05, 3.63) is 0 Å². The molecule has 6 heterocycles. The number of hydrogen-bond donors (Lipinski definition) is 12. The molecular weight excluding hydrogens is 953 g/mol. The second kappa shape index (κ2) is 21.1. The molecule has 22 nitrogen and oxygen atoms in total. The SMILES string of the molecule is CC1CCC2(OC1)OC1CC3C4CCC5CC(OC6OC(CO)C(OC7OC(CO)C(OC8OCC(O)C(OC9OC(CO)C(O)C(O)C9O)C8O)C(O)C7O)C(O)C6O)CCC5(C)C4CCC3(C)C1C2C. The normalized spacial score (nSPS) is 57.8. The molecule has 22 heteroatoms. The van der Waals surface area contributed by atoms with Crippen LogP contribution >= 0.6 is 0 Å². The fourth-order valence-corrected chi connectivity index (χ4v) is 15.9. The molecule has 1 spiro atoms. The molecular formula is C50H82O22. The van der Waals surface area contributed by atoms with E-state index in [2.05, 4.69) is 27.7 Å². The molecule has 0 aromatic heterocycles. The minimum Gasteiger partial charge on any atom is -0.394 e. The van der Waals surface area contributed by atoms with Gasteiger partial charge in [-0.25, -0.2) is 0 Å². The van der Waals surface area contributed by atoms with Crippen LogP contribution in [-0.2, 0) is 47.4 Å². The quantitative estimate of drug-likeness (QED) is 0.0971. The van der Waals surface area contributed by atoms with E-state index in [1.807, 2.05) is 0 Å². The third kappa shape index (κ3) is 9.26. The van der Waals surface area contributed by atoms with Gasteiger partial charge in [-0.1, -0.05) is 27.7 Å². The maximum absolute atomic E-state index is 11.5. The maximum Gasteiger partial charge on any atom is 0.187 e. The molecule has 31 unspecified atom stereocenters. The van der Waals surface area contributed by atoms with Crippen molar-refractivity contribution in [1.29, 1.82) is 0 Å². The monoisotopic (exact) mass is 1030 g/mol. The largest absolute Gasteiger partial charge is 0.394 e. The number of rotatable bonds is 11. The standard InChI is InChI=1S/C50H82O22/c1-20-7-12-50(64-18-20)21(2)32-28(72-50)14-26-24-6-5-22-13-23(8-10-48(22,3)25(24)9-11-49(26,32)4)65-45-38(60)35(57)43(31(17-53)67-45)71-47-39(61)36(58)42(30(16-52)68-47)70-44-40(62)41(27(54)19-63-44)69-46-37(59)34(56)33(55)29(15-51)66-46/h20-47,51-62H,5-19H2,1-4H3. The number of aliphatic hydroxyl groups excluding tert-OH is 12. The Bertz CT molecular complexity index is 1820. The highest BCUT2D eigenvalue weighted by atomic mass is 16.8. The topological polar surface area (TPSA) is 335 Å². The van der Waals surface area contributed by atoms with Gasteiger partial charge >= 0.3 is 0 Å². The van der Waals surface area contributed by atoms with E-state index < -0.39 is 149 Å². The van der Waals surface area contributed by atoms with Crippen LogP contribution in [0.15, 0.2) is 0 Å². The van der Waals surface area contributed by atoms with Gasteiger partial charge in [-0.05, 0) is 104 Å². The molecule has 0 aromatic carbocycles. The Morgan fingerprint density at radius 3 is 1.72 bits per heavy atom. The molecule has 10 aliphatic rings. The zero-order valence-electron chi connectivity index (χ0n) is 41.7. The predicted molar refractivity (Wildman–Crippen MR) is 242 cm³/mol. The molecule has 31 atom stereocenters. The summed E-state index contributed by atoms with van der Waals surface area (Å²) in [6, 6.07) is 0. The number of fused-ring (bicyclic) bond motifs is 7. The van der Waals surface area contributed by atoms with Crippen LogP contribution in [0.5, 0.6) is 0 Å². The summed E-state index contributed by atoms with van der Waals surface area (Å²) in [6.07, 6.45) is -21.3. The van der Waals surface area contributed by atoms with Crippen molar-refractivity contribution in [2.75, 3.05) is 33.0 Å². The fourth-order valence-electron chi connectivity index (χ4n) is 15.9.